The van der Waals surface area contributed by atoms with Crippen LogP contribution in [-0.2, 0) is 4.79 Å². The summed E-state index contributed by atoms with van der Waals surface area (Å²) in [7, 11) is 3.59. The van der Waals surface area contributed by atoms with Crippen LogP contribution in [0, 0.1) is 5.41 Å². The van der Waals surface area contributed by atoms with E-state index in [0.717, 1.165) is 38.6 Å². The van der Waals surface area contributed by atoms with Crippen LogP contribution in [0.4, 0.5) is 4.79 Å². The summed E-state index contributed by atoms with van der Waals surface area (Å²) in [6, 6.07) is -0.129. The largest absolute Gasteiger partial charge is 0.481 e. The molecule has 2 amide bonds. The molecule has 6 heteroatoms. The number of amides is 2. The lowest BCUT2D eigenvalue weighted by atomic mass is 9.72. The first-order chi connectivity index (χ1) is 9.49. The number of hydrogen-bond acceptors (Lipinski definition) is 3. The zero-order valence-corrected chi connectivity index (χ0v) is 12.6. The number of rotatable bonds is 7. The molecule has 0 saturated heterocycles. The zero-order chi connectivity index (χ0) is 15.0. The Morgan fingerprint density at radius 3 is 2.45 bits per heavy atom. The molecule has 0 bridgehead atoms. The Kier molecular flexibility index (Phi) is 6.78. The van der Waals surface area contributed by atoms with Gasteiger partial charge in [0.15, 0.2) is 0 Å². The van der Waals surface area contributed by atoms with Gasteiger partial charge in [-0.1, -0.05) is 19.3 Å². The summed E-state index contributed by atoms with van der Waals surface area (Å²) in [5.41, 5.74) is -0.260. The third-order valence-corrected chi connectivity index (χ3v) is 4.10. The molecule has 0 radical (unpaired) electrons. The third-order valence-electron chi connectivity index (χ3n) is 4.10. The number of carbonyl (C=O) groups is 2. The van der Waals surface area contributed by atoms with Crippen molar-refractivity contribution in [2.75, 3.05) is 33.7 Å². The lowest BCUT2D eigenvalue weighted by Crippen LogP contribution is -2.46. The average molecular weight is 285 g/mol. The minimum Gasteiger partial charge on any atom is -0.481 e. The number of urea groups is 1. The van der Waals surface area contributed by atoms with Crippen LogP contribution < -0.4 is 10.6 Å². The van der Waals surface area contributed by atoms with Gasteiger partial charge in [-0.15, -0.1) is 0 Å². The van der Waals surface area contributed by atoms with Gasteiger partial charge in [-0.05, 0) is 25.3 Å². The van der Waals surface area contributed by atoms with Gasteiger partial charge in [0.25, 0.3) is 0 Å². The van der Waals surface area contributed by atoms with Crippen LogP contribution in [0.15, 0.2) is 0 Å². The van der Waals surface area contributed by atoms with Gasteiger partial charge in [-0.25, -0.2) is 4.79 Å². The van der Waals surface area contributed by atoms with Gasteiger partial charge in [0.05, 0.1) is 6.42 Å². The van der Waals surface area contributed by atoms with Crippen LogP contribution in [-0.4, -0.2) is 55.7 Å². The van der Waals surface area contributed by atoms with E-state index >= 15 is 0 Å². The second-order valence-electron chi connectivity index (χ2n) is 5.81. The Morgan fingerprint density at radius 1 is 1.25 bits per heavy atom. The molecule has 116 valence electrons. The molecule has 0 atom stereocenters. The van der Waals surface area contributed by atoms with E-state index in [1.807, 2.05) is 7.05 Å². The standard InChI is InChI=1S/C14H27N3O3/c1-15-8-9-17(2)13(20)16-11-14(10-12(18)19)6-4-3-5-7-14/h15H,3-11H2,1-2H3,(H,16,20)(H,18,19). The monoisotopic (exact) mass is 285 g/mol. The molecule has 0 aromatic carbocycles. The summed E-state index contributed by atoms with van der Waals surface area (Å²) >= 11 is 0. The molecule has 0 spiro atoms. The maximum absolute atomic E-state index is 12.0. The molecule has 0 heterocycles. The van der Waals surface area contributed by atoms with Gasteiger partial charge < -0.3 is 20.6 Å². The number of carbonyl (C=O) groups excluding carboxylic acids is 1. The van der Waals surface area contributed by atoms with Crippen LogP contribution in [0.3, 0.4) is 0 Å². The number of likely N-dealkylation sites (N-methyl/N-ethyl adjacent to an activating group) is 2. The summed E-state index contributed by atoms with van der Waals surface area (Å²) in [5, 5.41) is 15.0. The van der Waals surface area contributed by atoms with Crippen LogP contribution >= 0.6 is 0 Å². The smallest absolute Gasteiger partial charge is 0.317 e. The molecule has 0 aromatic rings. The van der Waals surface area contributed by atoms with Crippen molar-refractivity contribution >= 4 is 12.0 Å². The van der Waals surface area contributed by atoms with E-state index in [1.165, 1.54) is 0 Å². The van der Waals surface area contributed by atoms with Gasteiger partial charge in [0, 0.05) is 26.7 Å². The Balaban J connectivity index is 2.49. The average Bonchev–Trinajstić information content (AvgIpc) is 2.42. The van der Waals surface area contributed by atoms with Crippen molar-refractivity contribution in [2.24, 2.45) is 5.41 Å². The molecular formula is C14H27N3O3. The van der Waals surface area contributed by atoms with E-state index in [-0.39, 0.29) is 17.9 Å². The molecule has 6 nitrogen and oxygen atoms in total. The minimum absolute atomic E-state index is 0.129. The van der Waals surface area contributed by atoms with Crippen LogP contribution in [0.2, 0.25) is 0 Å². The molecule has 0 unspecified atom stereocenters. The van der Waals surface area contributed by atoms with Crippen LogP contribution in [0.1, 0.15) is 38.5 Å². The Morgan fingerprint density at radius 2 is 1.90 bits per heavy atom. The van der Waals surface area contributed by atoms with Gasteiger partial charge in [-0.3, -0.25) is 4.79 Å². The number of carboxylic acids is 1. The Bertz CT molecular complexity index is 328. The fraction of sp³-hybridized carbons (Fsp3) is 0.857. The van der Waals surface area contributed by atoms with Crippen LogP contribution in [0.5, 0.6) is 0 Å². The van der Waals surface area contributed by atoms with Crippen molar-refractivity contribution in [3.63, 3.8) is 0 Å². The van der Waals surface area contributed by atoms with Gasteiger partial charge in [0.1, 0.15) is 0 Å². The highest BCUT2D eigenvalue weighted by atomic mass is 16.4. The highest BCUT2D eigenvalue weighted by Gasteiger charge is 2.34. The molecular weight excluding hydrogens is 258 g/mol. The van der Waals surface area contributed by atoms with Gasteiger partial charge in [-0.2, -0.15) is 0 Å². The van der Waals surface area contributed by atoms with E-state index < -0.39 is 5.97 Å². The van der Waals surface area contributed by atoms with Crippen molar-refractivity contribution in [3.05, 3.63) is 0 Å². The predicted molar refractivity (Wildman–Crippen MR) is 77.7 cm³/mol. The maximum atomic E-state index is 12.0. The number of hydrogen-bond donors (Lipinski definition) is 3. The molecule has 20 heavy (non-hydrogen) atoms. The lowest BCUT2D eigenvalue weighted by Gasteiger charge is -2.36. The van der Waals surface area contributed by atoms with E-state index in [0.29, 0.717) is 13.1 Å². The molecule has 1 fully saturated rings. The topological polar surface area (TPSA) is 81.7 Å². The van der Waals surface area contributed by atoms with E-state index in [2.05, 4.69) is 10.6 Å². The zero-order valence-electron chi connectivity index (χ0n) is 12.6. The Hall–Kier alpha value is -1.30. The molecule has 1 rings (SSSR count). The fourth-order valence-electron chi connectivity index (χ4n) is 2.82. The summed E-state index contributed by atoms with van der Waals surface area (Å²) in [4.78, 5) is 24.6. The molecule has 1 aliphatic carbocycles. The second kappa shape index (κ2) is 8.09. The Labute approximate surface area is 120 Å². The van der Waals surface area contributed by atoms with E-state index in [9.17, 15) is 9.59 Å². The molecule has 1 saturated carbocycles. The van der Waals surface area contributed by atoms with Crippen molar-refractivity contribution in [1.29, 1.82) is 0 Å². The molecule has 0 aliphatic heterocycles. The van der Waals surface area contributed by atoms with E-state index in [4.69, 9.17) is 5.11 Å². The predicted octanol–water partition coefficient (Wildman–Crippen LogP) is 1.27. The molecule has 3 N–H and O–H groups in total. The van der Waals surface area contributed by atoms with Crippen LogP contribution in [0.25, 0.3) is 0 Å². The third kappa shape index (κ3) is 5.36. The SMILES string of the molecule is CNCCN(C)C(=O)NCC1(CC(=O)O)CCCCC1. The second-order valence-corrected chi connectivity index (χ2v) is 5.81. The molecule has 0 aromatic heterocycles. The number of carboxylic acid groups (broad SMARTS) is 1. The van der Waals surface area contributed by atoms with Gasteiger partial charge >= 0.3 is 12.0 Å². The van der Waals surface area contributed by atoms with Gasteiger partial charge in [0.2, 0.25) is 0 Å². The number of aliphatic carboxylic acids is 1. The van der Waals surface area contributed by atoms with Crippen molar-refractivity contribution < 1.29 is 14.7 Å². The van der Waals surface area contributed by atoms with E-state index in [1.54, 1.807) is 11.9 Å². The first-order valence-corrected chi connectivity index (χ1v) is 7.34. The summed E-state index contributed by atoms with van der Waals surface area (Å²) < 4.78 is 0. The van der Waals surface area contributed by atoms with Crippen molar-refractivity contribution in [3.8, 4) is 0 Å². The normalized spacial score (nSPS) is 17.5. The summed E-state index contributed by atoms with van der Waals surface area (Å²) in [6.07, 6.45) is 5.20. The number of nitrogens with zero attached hydrogens (tertiary/aromatic N) is 1. The lowest BCUT2D eigenvalue weighted by molar-refractivity contribution is -0.140. The highest BCUT2D eigenvalue weighted by Crippen LogP contribution is 2.38. The fourth-order valence-corrected chi connectivity index (χ4v) is 2.82. The summed E-state index contributed by atoms with van der Waals surface area (Å²) in [6.45, 7) is 1.83. The first kappa shape index (κ1) is 16.8. The maximum Gasteiger partial charge on any atom is 0.317 e. The summed E-state index contributed by atoms with van der Waals surface area (Å²) in [5.74, 6) is -0.773. The highest BCUT2D eigenvalue weighted by molar-refractivity contribution is 5.74. The molecule has 1 aliphatic rings. The first-order valence-electron chi connectivity index (χ1n) is 7.34. The number of nitrogens with one attached hydrogen (secondary N) is 2. The minimum atomic E-state index is -0.773. The van der Waals surface area contributed by atoms with Crippen molar-refractivity contribution in [2.45, 2.75) is 38.5 Å². The van der Waals surface area contributed by atoms with Crippen molar-refractivity contribution in [1.82, 2.24) is 15.5 Å². The quantitative estimate of drug-likeness (QED) is 0.658.